The summed E-state index contributed by atoms with van der Waals surface area (Å²) in [7, 11) is 5.55. The van der Waals surface area contributed by atoms with Crippen LogP contribution in [0.1, 0.15) is 0 Å². The molecule has 6 nitrogen and oxygen atoms in total. The first-order valence-electron chi connectivity index (χ1n) is 8.00. The number of nitrogen functional groups attached to an aromatic ring is 1. The van der Waals surface area contributed by atoms with Gasteiger partial charge in [0.25, 0.3) is 0 Å². The maximum Gasteiger partial charge on any atom is 0.222 e. The van der Waals surface area contributed by atoms with E-state index in [2.05, 4.69) is 38.1 Å². The van der Waals surface area contributed by atoms with Gasteiger partial charge in [0.15, 0.2) is 0 Å². The first kappa shape index (κ1) is 15.3. The number of nitrogens with zero attached hydrogens (tertiary/aromatic N) is 3. The second-order valence-corrected chi connectivity index (χ2v) is 5.89. The van der Waals surface area contributed by atoms with Gasteiger partial charge in [-0.25, -0.2) is 4.98 Å². The standard InChI is InChI=1S/C19H19N5O/c1-21-18-16-12-8-9-24(2)17(12)13(10-14(16)22-19(20)23-18)11-6-4-5-7-15(11)25-3/h4-10H,1-3H3,(H3,20,21,22,23). The normalized spacial score (nSPS) is 11.2. The van der Waals surface area contributed by atoms with Gasteiger partial charge in [0.2, 0.25) is 5.95 Å². The van der Waals surface area contributed by atoms with Gasteiger partial charge in [0.05, 0.1) is 23.5 Å². The van der Waals surface area contributed by atoms with Crippen LogP contribution in [0, 0.1) is 0 Å². The largest absolute Gasteiger partial charge is 0.496 e. The summed E-state index contributed by atoms with van der Waals surface area (Å²) in [6.07, 6.45) is 2.04. The minimum absolute atomic E-state index is 0.248. The Balaban J connectivity index is 2.20. The third-order valence-corrected chi connectivity index (χ3v) is 4.47. The lowest BCUT2D eigenvalue weighted by Gasteiger charge is -2.14. The summed E-state index contributed by atoms with van der Waals surface area (Å²) in [4.78, 5) is 8.80. The fraction of sp³-hybridized carbons (Fsp3) is 0.158. The van der Waals surface area contributed by atoms with E-state index in [9.17, 15) is 0 Å². The Morgan fingerprint density at radius 3 is 2.68 bits per heavy atom. The van der Waals surface area contributed by atoms with E-state index >= 15 is 0 Å². The van der Waals surface area contributed by atoms with Gasteiger partial charge in [-0.15, -0.1) is 0 Å². The molecule has 0 radical (unpaired) electrons. The fourth-order valence-electron chi connectivity index (χ4n) is 3.39. The Hall–Kier alpha value is -3.28. The van der Waals surface area contributed by atoms with Crippen molar-refractivity contribution in [1.82, 2.24) is 14.5 Å². The summed E-state index contributed by atoms with van der Waals surface area (Å²) in [6, 6.07) is 12.1. The minimum atomic E-state index is 0.248. The van der Waals surface area contributed by atoms with Gasteiger partial charge < -0.3 is 20.4 Å². The lowest BCUT2D eigenvalue weighted by Crippen LogP contribution is -2.02. The third-order valence-electron chi connectivity index (χ3n) is 4.47. The van der Waals surface area contributed by atoms with Gasteiger partial charge in [0, 0.05) is 36.8 Å². The quantitative estimate of drug-likeness (QED) is 0.601. The van der Waals surface area contributed by atoms with E-state index < -0.39 is 0 Å². The molecule has 0 saturated carbocycles. The molecule has 0 aliphatic heterocycles. The van der Waals surface area contributed by atoms with Gasteiger partial charge in [-0.1, -0.05) is 18.2 Å². The van der Waals surface area contributed by atoms with Crippen molar-refractivity contribution in [2.45, 2.75) is 0 Å². The number of ether oxygens (including phenoxy) is 1. The minimum Gasteiger partial charge on any atom is -0.496 e. The van der Waals surface area contributed by atoms with Crippen molar-refractivity contribution in [3.63, 3.8) is 0 Å². The van der Waals surface area contributed by atoms with Crippen LogP contribution in [0.15, 0.2) is 42.6 Å². The van der Waals surface area contributed by atoms with E-state index in [0.717, 1.165) is 44.5 Å². The van der Waals surface area contributed by atoms with E-state index in [1.54, 1.807) is 7.11 Å². The summed E-state index contributed by atoms with van der Waals surface area (Å²) in [5, 5.41) is 5.17. The van der Waals surface area contributed by atoms with Gasteiger partial charge in [-0.2, -0.15) is 4.98 Å². The second-order valence-electron chi connectivity index (χ2n) is 5.89. The molecule has 2 aromatic carbocycles. The van der Waals surface area contributed by atoms with Crippen LogP contribution in [0.4, 0.5) is 11.8 Å². The van der Waals surface area contributed by atoms with Crippen LogP contribution in [-0.2, 0) is 7.05 Å². The molecule has 0 spiro atoms. The van der Waals surface area contributed by atoms with Crippen molar-refractivity contribution in [3.8, 4) is 16.9 Å². The molecule has 0 aliphatic rings. The van der Waals surface area contributed by atoms with E-state index in [1.165, 1.54) is 0 Å². The first-order valence-corrected chi connectivity index (χ1v) is 8.00. The predicted molar refractivity (Wildman–Crippen MR) is 102 cm³/mol. The number of hydrogen-bond donors (Lipinski definition) is 2. The highest BCUT2D eigenvalue weighted by Crippen LogP contribution is 2.40. The van der Waals surface area contributed by atoms with Gasteiger partial charge in [-0.3, -0.25) is 0 Å². The number of nitrogens with one attached hydrogen (secondary N) is 1. The number of benzene rings is 2. The number of aromatic nitrogens is 3. The lowest BCUT2D eigenvalue weighted by molar-refractivity contribution is 0.416. The molecule has 0 bridgehead atoms. The Morgan fingerprint density at radius 1 is 1.12 bits per heavy atom. The monoisotopic (exact) mass is 333 g/mol. The van der Waals surface area contributed by atoms with Crippen LogP contribution < -0.4 is 15.8 Å². The molecule has 126 valence electrons. The number of anilines is 2. The zero-order valence-electron chi connectivity index (χ0n) is 14.4. The molecule has 3 N–H and O–H groups in total. The molecule has 4 rings (SSSR count). The molecule has 25 heavy (non-hydrogen) atoms. The molecule has 0 amide bonds. The molecule has 2 heterocycles. The highest BCUT2D eigenvalue weighted by atomic mass is 16.5. The average Bonchev–Trinajstić information content (AvgIpc) is 3.01. The second kappa shape index (κ2) is 5.66. The summed E-state index contributed by atoms with van der Waals surface area (Å²) in [6.45, 7) is 0. The van der Waals surface area contributed by atoms with Crippen LogP contribution in [0.2, 0.25) is 0 Å². The molecule has 4 aromatic rings. The van der Waals surface area contributed by atoms with Gasteiger partial charge in [0.1, 0.15) is 11.6 Å². The SMILES string of the molecule is CNc1nc(N)nc2cc(-c3ccccc3OC)c3c(ccn3C)c12. The van der Waals surface area contributed by atoms with Gasteiger partial charge in [-0.05, 0) is 18.2 Å². The van der Waals surface area contributed by atoms with E-state index in [0.29, 0.717) is 0 Å². The van der Waals surface area contributed by atoms with Crippen molar-refractivity contribution >= 4 is 33.6 Å². The fourth-order valence-corrected chi connectivity index (χ4v) is 3.39. The topological polar surface area (TPSA) is 78.0 Å². The Kier molecular flexibility index (Phi) is 3.46. The molecule has 0 fully saturated rings. The van der Waals surface area contributed by atoms with Gasteiger partial charge >= 0.3 is 0 Å². The number of aryl methyl sites for hydroxylation is 1. The maximum atomic E-state index is 5.90. The lowest BCUT2D eigenvalue weighted by atomic mass is 9.99. The number of rotatable bonds is 3. The number of nitrogens with two attached hydrogens (primary N) is 1. The van der Waals surface area contributed by atoms with Crippen LogP contribution in [0.25, 0.3) is 32.9 Å². The van der Waals surface area contributed by atoms with E-state index in [4.69, 9.17) is 10.5 Å². The molecule has 0 atom stereocenters. The zero-order valence-corrected chi connectivity index (χ0v) is 14.4. The summed E-state index contributed by atoms with van der Waals surface area (Å²) in [5.41, 5.74) is 9.87. The van der Waals surface area contributed by atoms with Crippen LogP contribution in [0.5, 0.6) is 5.75 Å². The van der Waals surface area contributed by atoms with E-state index in [-0.39, 0.29) is 5.95 Å². The van der Waals surface area contributed by atoms with Crippen LogP contribution in [-0.4, -0.2) is 28.7 Å². The molecule has 6 heteroatoms. The van der Waals surface area contributed by atoms with Crippen molar-refractivity contribution in [2.24, 2.45) is 7.05 Å². The molecule has 0 saturated heterocycles. The zero-order chi connectivity index (χ0) is 17.6. The van der Waals surface area contributed by atoms with Crippen molar-refractivity contribution in [1.29, 1.82) is 0 Å². The highest BCUT2D eigenvalue weighted by Gasteiger charge is 2.18. The Bertz CT molecular complexity index is 1100. The number of para-hydroxylation sites is 1. The number of hydrogen-bond acceptors (Lipinski definition) is 5. The highest BCUT2D eigenvalue weighted by molar-refractivity contribution is 6.16. The number of methoxy groups -OCH3 is 1. The van der Waals surface area contributed by atoms with Crippen LogP contribution >= 0.6 is 0 Å². The maximum absolute atomic E-state index is 5.90. The van der Waals surface area contributed by atoms with Crippen molar-refractivity contribution in [3.05, 3.63) is 42.6 Å². The summed E-state index contributed by atoms with van der Waals surface area (Å²) in [5.74, 6) is 1.80. The predicted octanol–water partition coefficient (Wildman–Crippen LogP) is 3.42. The number of fused-ring (bicyclic) bond motifs is 3. The van der Waals surface area contributed by atoms with Crippen molar-refractivity contribution < 1.29 is 4.74 Å². The molecule has 0 unspecified atom stereocenters. The first-order chi connectivity index (χ1) is 12.1. The summed E-state index contributed by atoms with van der Waals surface area (Å²) < 4.78 is 7.67. The Morgan fingerprint density at radius 2 is 1.92 bits per heavy atom. The van der Waals surface area contributed by atoms with Crippen LogP contribution in [0.3, 0.4) is 0 Å². The summed E-state index contributed by atoms with van der Waals surface area (Å²) >= 11 is 0. The smallest absolute Gasteiger partial charge is 0.222 e. The molecular formula is C19H19N5O. The molecule has 0 aliphatic carbocycles. The average molecular weight is 333 g/mol. The molecule has 2 aromatic heterocycles. The molecular weight excluding hydrogens is 314 g/mol. The Labute approximate surface area is 145 Å². The third kappa shape index (κ3) is 2.26. The van der Waals surface area contributed by atoms with E-state index in [1.807, 2.05) is 38.5 Å². The van der Waals surface area contributed by atoms with Crippen molar-refractivity contribution in [2.75, 3.05) is 25.2 Å².